The molecule has 76 valence electrons. The summed E-state index contributed by atoms with van der Waals surface area (Å²) in [7, 11) is 0. The molecule has 1 aliphatic carbocycles. The second-order valence-corrected chi connectivity index (χ2v) is 3.96. The van der Waals surface area contributed by atoms with E-state index in [0.29, 0.717) is 12.6 Å². The van der Waals surface area contributed by atoms with Crippen LogP contribution in [0.15, 0.2) is 18.3 Å². The summed E-state index contributed by atoms with van der Waals surface area (Å²) in [5, 5.41) is 3.51. The maximum Gasteiger partial charge on any atom is 0.0462 e. The first kappa shape index (κ1) is 9.62. The first-order valence-corrected chi connectivity index (χ1v) is 5.18. The van der Waals surface area contributed by atoms with Gasteiger partial charge in [-0.25, -0.2) is 0 Å². The van der Waals surface area contributed by atoms with E-state index >= 15 is 0 Å². The average Bonchev–Trinajstić information content (AvgIpc) is 3.00. The lowest BCUT2D eigenvalue weighted by atomic mass is 10.1. The molecule has 1 aromatic rings. The number of nitrogens with one attached hydrogen (secondary N) is 1. The summed E-state index contributed by atoms with van der Waals surface area (Å²) >= 11 is 0. The van der Waals surface area contributed by atoms with Gasteiger partial charge in [0, 0.05) is 30.5 Å². The number of rotatable bonds is 4. The number of aromatic nitrogens is 1. The maximum atomic E-state index is 5.73. The van der Waals surface area contributed by atoms with Gasteiger partial charge in [-0.2, -0.15) is 0 Å². The van der Waals surface area contributed by atoms with Gasteiger partial charge in [0.05, 0.1) is 0 Å². The molecule has 0 aromatic carbocycles. The third-order valence-electron chi connectivity index (χ3n) is 2.59. The normalized spacial score (nSPS) is 18.1. The second-order valence-electron chi connectivity index (χ2n) is 3.96. The first-order valence-electron chi connectivity index (χ1n) is 5.18. The lowest BCUT2D eigenvalue weighted by Crippen LogP contribution is -2.29. The maximum absolute atomic E-state index is 5.73. The summed E-state index contributed by atoms with van der Waals surface area (Å²) in [5.74, 6) is 0. The molecule has 0 amide bonds. The van der Waals surface area contributed by atoms with Crippen molar-refractivity contribution in [3.63, 3.8) is 0 Å². The highest BCUT2D eigenvalue weighted by Gasteiger charge is 2.24. The number of pyridine rings is 1. The highest BCUT2D eigenvalue weighted by Crippen LogP contribution is 2.23. The quantitative estimate of drug-likeness (QED) is 0.750. The third kappa shape index (κ3) is 2.30. The second kappa shape index (κ2) is 4.07. The molecule has 14 heavy (non-hydrogen) atoms. The van der Waals surface area contributed by atoms with Crippen LogP contribution in [-0.4, -0.2) is 17.6 Å². The number of hydrogen-bond acceptors (Lipinski definition) is 3. The highest BCUT2D eigenvalue weighted by molar-refractivity contribution is 5.18. The Bertz CT molecular complexity index is 290. The molecule has 1 unspecified atom stereocenters. The van der Waals surface area contributed by atoms with Gasteiger partial charge in [0.1, 0.15) is 0 Å². The molecule has 0 aliphatic heterocycles. The summed E-state index contributed by atoms with van der Waals surface area (Å²) in [6, 6.07) is 5.10. The van der Waals surface area contributed by atoms with Crippen LogP contribution in [-0.2, 0) is 0 Å². The minimum absolute atomic E-state index is 0.274. The molecule has 0 radical (unpaired) electrons. The van der Waals surface area contributed by atoms with Crippen LogP contribution in [0.3, 0.4) is 0 Å². The van der Waals surface area contributed by atoms with Gasteiger partial charge < -0.3 is 11.1 Å². The van der Waals surface area contributed by atoms with E-state index in [9.17, 15) is 0 Å². The Morgan fingerprint density at radius 1 is 1.57 bits per heavy atom. The van der Waals surface area contributed by atoms with Gasteiger partial charge in [-0.1, -0.05) is 6.07 Å². The summed E-state index contributed by atoms with van der Waals surface area (Å²) in [4.78, 5) is 4.28. The molecule has 1 saturated carbocycles. The van der Waals surface area contributed by atoms with Gasteiger partial charge >= 0.3 is 0 Å². The monoisotopic (exact) mass is 191 g/mol. The SMILES string of the molecule is Cc1ccc(C(CN)NC2CC2)cn1. The van der Waals surface area contributed by atoms with Crippen molar-refractivity contribution in [3.05, 3.63) is 29.6 Å². The smallest absolute Gasteiger partial charge is 0.0462 e. The van der Waals surface area contributed by atoms with E-state index in [-0.39, 0.29) is 6.04 Å². The lowest BCUT2D eigenvalue weighted by Gasteiger charge is -2.16. The van der Waals surface area contributed by atoms with Gasteiger partial charge in [0.25, 0.3) is 0 Å². The number of aryl methyl sites for hydroxylation is 1. The van der Waals surface area contributed by atoms with Crippen LogP contribution in [0, 0.1) is 6.92 Å². The van der Waals surface area contributed by atoms with E-state index in [4.69, 9.17) is 5.73 Å². The zero-order valence-corrected chi connectivity index (χ0v) is 8.53. The Kier molecular flexibility index (Phi) is 2.79. The van der Waals surface area contributed by atoms with E-state index in [1.165, 1.54) is 18.4 Å². The summed E-state index contributed by atoms with van der Waals surface area (Å²) in [5.41, 5.74) is 7.98. The van der Waals surface area contributed by atoms with Crippen molar-refractivity contribution in [2.45, 2.75) is 31.8 Å². The highest BCUT2D eigenvalue weighted by atomic mass is 15.0. The Balaban J connectivity index is 2.05. The van der Waals surface area contributed by atoms with Gasteiger partial charge in [0.15, 0.2) is 0 Å². The largest absolute Gasteiger partial charge is 0.329 e. The predicted molar refractivity (Wildman–Crippen MR) is 56.9 cm³/mol. The Morgan fingerprint density at radius 3 is 2.86 bits per heavy atom. The molecule has 3 nitrogen and oxygen atoms in total. The number of nitrogens with zero attached hydrogens (tertiary/aromatic N) is 1. The molecule has 1 aliphatic rings. The van der Waals surface area contributed by atoms with E-state index in [0.717, 1.165) is 5.69 Å². The zero-order chi connectivity index (χ0) is 9.97. The molecule has 0 saturated heterocycles. The van der Waals surface area contributed by atoms with E-state index in [2.05, 4.69) is 16.4 Å². The Morgan fingerprint density at radius 2 is 2.36 bits per heavy atom. The summed E-state index contributed by atoms with van der Waals surface area (Å²) in [6.45, 7) is 2.64. The van der Waals surface area contributed by atoms with Crippen LogP contribution in [0.2, 0.25) is 0 Å². The van der Waals surface area contributed by atoms with Crippen molar-refractivity contribution in [2.75, 3.05) is 6.54 Å². The van der Waals surface area contributed by atoms with Crippen LogP contribution in [0.5, 0.6) is 0 Å². The van der Waals surface area contributed by atoms with Gasteiger partial charge in [-0.15, -0.1) is 0 Å². The fourth-order valence-electron chi connectivity index (χ4n) is 1.52. The van der Waals surface area contributed by atoms with Crippen LogP contribution in [0.4, 0.5) is 0 Å². The van der Waals surface area contributed by atoms with Gasteiger partial charge in [-0.3, -0.25) is 4.98 Å². The topological polar surface area (TPSA) is 50.9 Å². The van der Waals surface area contributed by atoms with E-state index < -0.39 is 0 Å². The van der Waals surface area contributed by atoms with Crippen LogP contribution in [0.1, 0.15) is 30.1 Å². The van der Waals surface area contributed by atoms with Crippen molar-refractivity contribution in [1.82, 2.24) is 10.3 Å². The van der Waals surface area contributed by atoms with Crippen LogP contribution in [0.25, 0.3) is 0 Å². The molecule has 3 N–H and O–H groups in total. The van der Waals surface area contributed by atoms with Crippen molar-refractivity contribution >= 4 is 0 Å². The van der Waals surface area contributed by atoms with Crippen molar-refractivity contribution < 1.29 is 0 Å². The lowest BCUT2D eigenvalue weighted by molar-refractivity contribution is 0.537. The first-order chi connectivity index (χ1) is 6.79. The molecule has 0 bridgehead atoms. The van der Waals surface area contributed by atoms with Crippen LogP contribution >= 0.6 is 0 Å². The van der Waals surface area contributed by atoms with Gasteiger partial charge in [-0.05, 0) is 31.4 Å². The average molecular weight is 191 g/mol. The van der Waals surface area contributed by atoms with E-state index in [1.54, 1.807) is 0 Å². The Hall–Kier alpha value is -0.930. The fourth-order valence-corrected chi connectivity index (χ4v) is 1.52. The van der Waals surface area contributed by atoms with Crippen molar-refractivity contribution in [1.29, 1.82) is 0 Å². The molecular formula is C11H17N3. The molecular weight excluding hydrogens is 174 g/mol. The molecule has 1 fully saturated rings. The minimum Gasteiger partial charge on any atom is -0.329 e. The number of hydrogen-bond donors (Lipinski definition) is 2. The Labute approximate surface area is 84.7 Å². The molecule has 0 spiro atoms. The predicted octanol–water partition coefficient (Wildman–Crippen LogP) is 1.14. The molecule has 1 heterocycles. The standard InChI is InChI=1S/C11H17N3/c1-8-2-3-9(7-13-8)11(6-12)14-10-4-5-10/h2-3,7,10-11,14H,4-6,12H2,1H3. The molecule has 1 atom stereocenters. The fraction of sp³-hybridized carbons (Fsp3) is 0.545. The molecule has 3 heteroatoms. The summed E-state index contributed by atoms with van der Waals surface area (Å²) < 4.78 is 0. The van der Waals surface area contributed by atoms with Crippen molar-refractivity contribution in [3.8, 4) is 0 Å². The molecule has 1 aromatic heterocycles. The molecule has 2 rings (SSSR count). The van der Waals surface area contributed by atoms with Crippen molar-refractivity contribution in [2.24, 2.45) is 5.73 Å². The van der Waals surface area contributed by atoms with Gasteiger partial charge in [0.2, 0.25) is 0 Å². The zero-order valence-electron chi connectivity index (χ0n) is 8.53. The van der Waals surface area contributed by atoms with E-state index in [1.807, 2.05) is 19.2 Å². The third-order valence-corrected chi connectivity index (χ3v) is 2.59. The number of nitrogens with two attached hydrogens (primary N) is 1. The minimum atomic E-state index is 0.274. The summed E-state index contributed by atoms with van der Waals surface area (Å²) in [6.07, 6.45) is 4.49. The van der Waals surface area contributed by atoms with Crippen LogP contribution < -0.4 is 11.1 Å².